The fourth-order valence-corrected chi connectivity index (χ4v) is 3.03. The van der Waals surface area contributed by atoms with Gasteiger partial charge >= 0.3 is 5.51 Å². The first-order chi connectivity index (χ1) is 15.0. The van der Waals surface area contributed by atoms with Crippen molar-refractivity contribution in [3.63, 3.8) is 0 Å². The van der Waals surface area contributed by atoms with Gasteiger partial charge in [-0.3, -0.25) is 4.98 Å². The molecule has 2 heterocycles. The van der Waals surface area contributed by atoms with Crippen molar-refractivity contribution >= 4 is 44.1 Å². The third-order valence-electron chi connectivity index (χ3n) is 4.62. The average molecular weight is 462 g/mol. The normalized spacial score (nSPS) is 12.2. The molecule has 0 unspecified atom stereocenters. The Morgan fingerprint density at radius 1 is 1.00 bits per heavy atom. The maximum atomic E-state index is 10.7. The summed E-state index contributed by atoms with van der Waals surface area (Å²) in [5.74, 6) is 0.207. The van der Waals surface area contributed by atoms with Crippen LogP contribution < -0.4 is 4.57 Å². The van der Waals surface area contributed by atoms with Gasteiger partial charge in [-0.15, -0.1) is 0 Å². The number of rotatable bonds is 2. The Balaban J connectivity index is 0.000000312. The Kier molecular flexibility index (Phi) is 6.47. The van der Waals surface area contributed by atoms with E-state index in [1.807, 2.05) is 24.3 Å². The summed E-state index contributed by atoms with van der Waals surface area (Å²) in [4.78, 5) is 4.27. The highest BCUT2D eigenvalue weighted by Gasteiger charge is 2.36. The Morgan fingerprint density at radius 3 is 2.38 bits per heavy atom. The van der Waals surface area contributed by atoms with Crippen molar-refractivity contribution in [1.29, 1.82) is 0 Å². The number of nitrogens with zero attached hydrogens (tertiary/aromatic N) is 2. The fraction of sp³-hybridized carbons (Fsp3) is 0.0909. The zero-order valence-electron chi connectivity index (χ0n) is 16.6. The molecule has 0 aliphatic heterocycles. The van der Waals surface area contributed by atoms with Crippen LogP contribution in [0.3, 0.4) is 0 Å². The number of aromatic nitrogens is 2. The lowest BCUT2D eigenvalue weighted by atomic mass is 10.1. The van der Waals surface area contributed by atoms with Gasteiger partial charge in [0, 0.05) is 35.2 Å². The SMILES string of the molecule is C[n+]1c(C=Cc2ccnc3c(O)cccc23)ccc2ccccc21.O=S(=O)([O-])C(F)(F)F. The van der Waals surface area contributed by atoms with Crippen LogP contribution in [0.4, 0.5) is 13.2 Å². The van der Waals surface area contributed by atoms with Crippen molar-refractivity contribution in [2.75, 3.05) is 0 Å². The monoisotopic (exact) mass is 462 g/mol. The van der Waals surface area contributed by atoms with Gasteiger partial charge in [0.1, 0.15) is 18.3 Å². The summed E-state index contributed by atoms with van der Waals surface area (Å²) in [7, 11) is -4.02. The highest BCUT2D eigenvalue weighted by atomic mass is 32.2. The predicted molar refractivity (Wildman–Crippen MR) is 113 cm³/mol. The molecule has 0 aliphatic carbocycles. The Morgan fingerprint density at radius 2 is 1.69 bits per heavy atom. The van der Waals surface area contributed by atoms with E-state index in [0.29, 0.717) is 5.52 Å². The molecule has 1 N–H and O–H groups in total. The third-order valence-corrected chi connectivity index (χ3v) is 5.19. The van der Waals surface area contributed by atoms with Gasteiger partial charge in [0.15, 0.2) is 10.1 Å². The second-order valence-electron chi connectivity index (χ2n) is 6.68. The molecule has 4 rings (SSSR count). The van der Waals surface area contributed by atoms with Gasteiger partial charge < -0.3 is 9.66 Å². The van der Waals surface area contributed by atoms with E-state index in [4.69, 9.17) is 13.0 Å². The second-order valence-corrected chi connectivity index (χ2v) is 8.05. The van der Waals surface area contributed by atoms with E-state index in [-0.39, 0.29) is 5.75 Å². The van der Waals surface area contributed by atoms with Crippen LogP contribution in [0, 0.1) is 0 Å². The lowest BCUT2D eigenvalue weighted by molar-refractivity contribution is -0.646. The molecule has 6 nitrogen and oxygen atoms in total. The highest BCUT2D eigenvalue weighted by Crippen LogP contribution is 2.25. The van der Waals surface area contributed by atoms with Gasteiger partial charge in [0.2, 0.25) is 11.2 Å². The van der Waals surface area contributed by atoms with Crippen molar-refractivity contribution in [2.24, 2.45) is 7.05 Å². The van der Waals surface area contributed by atoms with Gasteiger partial charge in [-0.25, -0.2) is 8.42 Å². The molecule has 2 aromatic carbocycles. The van der Waals surface area contributed by atoms with Gasteiger partial charge in [-0.2, -0.15) is 17.7 Å². The number of hydrogen-bond donors (Lipinski definition) is 1. The first-order valence-electron chi connectivity index (χ1n) is 9.14. The number of pyridine rings is 2. The quantitative estimate of drug-likeness (QED) is 0.275. The minimum atomic E-state index is -6.09. The summed E-state index contributed by atoms with van der Waals surface area (Å²) >= 11 is 0. The Hall–Kier alpha value is -3.50. The number of aryl methyl sites for hydroxylation is 1. The highest BCUT2D eigenvalue weighted by molar-refractivity contribution is 7.86. The number of phenolic OH excluding ortho intramolecular Hbond substituents is 1. The number of halogens is 3. The average Bonchev–Trinajstić information content (AvgIpc) is 2.73. The first kappa shape index (κ1) is 23.2. The van der Waals surface area contributed by atoms with Crippen LogP contribution in [0.1, 0.15) is 11.3 Å². The Bertz CT molecular complexity index is 1420. The number of hydrogen-bond acceptors (Lipinski definition) is 5. The van der Waals surface area contributed by atoms with Crippen molar-refractivity contribution < 1.29 is 35.8 Å². The van der Waals surface area contributed by atoms with E-state index in [1.54, 1.807) is 12.3 Å². The maximum Gasteiger partial charge on any atom is 0.485 e. The van der Waals surface area contributed by atoms with Gasteiger partial charge in [-0.1, -0.05) is 24.3 Å². The molecule has 0 aliphatic rings. The van der Waals surface area contributed by atoms with E-state index in [0.717, 1.165) is 16.6 Å². The van der Waals surface area contributed by atoms with Crippen LogP contribution in [-0.2, 0) is 17.2 Å². The first-order valence-corrected chi connectivity index (χ1v) is 10.5. The summed E-state index contributed by atoms with van der Waals surface area (Å²) in [5.41, 5.74) is -1.69. The summed E-state index contributed by atoms with van der Waals surface area (Å²) in [6.45, 7) is 0. The van der Waals surface area contributed by atoms with Crippen LogP contribution in [0.25, 0.3) is 34.0 Å². The molecule has 0 saturated carbocycles. The zero-order chi connectivity index (χ0) is 23.5. The van der Waals surface area contributed by atoms with E-state index >= 15 is 0 Å². The van der Waals surface area contributed by atoms with Crippen LogP contribution in [0.15, 0.2) is 66.9 Å². The topological polar surface area (TPSA) is 94.2 Å². The summed E-state index contributed by atoms with van der Waals surface area (Å²) in [5, 5.41) is 12.1. The largest absolute Gasteiger partial charge is 0.741 e. The molecule has 0 atom stereocenters. The van der Waals surface area contributed by atoms with Gasteiger partial charge in [0.25, 0.3) is 0 Å². The molecule has 0 spiro atoms. The molecule has 4 aromatic rings. The van der Waals surface area contributed by atoms with Crippen LogP contribution >= 0.6 is 0 Å². The number of fused-ring (bicyclic) bond motifs is 2. The van der Waals surface area contributed by atoms with Crippen molar-refractivity contribution in [2.45, 2.75) is 5.51 Å². The molecular formula is C22H17F3N2O4S. The lowest BCUT2D eigenvalue weighted by Crippen LogP contribution is -2.32. The molecule has 0 saturated heterocycles. The van der Waals surface area contributed by atoms with E-state index < -0.39 is 15.6 Å². The van der Waals surface area contributed by atoms with Crippen LogP contribution in [0.5, 0.6) is 5.75 Å². The van der Waals surface area contributed by atoms with E-state index in [1.165, 1.54) is 10.9 Å². The smallest absolute Gasteiger partial charge is 0.485 e. The van der Waals surface area contributed by atoms with Crippen molar-refractivity contribution in [3.8, 4) is 5.75 Å². The predicted octanol–water partition coefficient (Wildman–Crippen LogP) is 4.14. The minimum absolute atomic E-state index is 0.207. The molecule has 10 heteroatoms. The molecule has 0 fully saturated rings. The molecule has 166 valence electrons. The molecule has 0 radical (unpaired) electrons. The molecular weight excluding hydrogens is 445 g/mol. The van der Waals surface area contributed by atoms with E-state index in [9.17, 15) is 18.3 Å². The standard InChI is InChI=1S/C21H16N2O.CHF3O3S/c1-23-17(12-10-16-5-2-3-7-19(16)23)11-9-15-13-14-22-21-18(15)6-4-8-20(21)24;2-1(3,4)8(5,6)7/h2-14H,1H3;(H,5,6,7). The summed E-state index contributed by atoms with van der Waals surface area (Å²) in [6, 6.07) is 20.0. The van der Waals surface area contributed by atoms with Crippen LogP contribution in [0.2, 0.25) is 0 Å². The van der Waals surface area contributed by atoms with Crippen molar-refractivity contribution in [3.05, 3.63) is 78.1 Å². The lowest BCUT2D eigenvalue weighted by Gasteiger charge is -2.08. The zero-order valence-corrected chi connectivity index (χ0v) is 17.4. The maximum absolute atomic E-state index is 10.7. The second kappa shape index (κ2) is 8.93. The number of benzene rings is 2. The molecule has 2 aromatic heterocycles. The number of alkyl halides is 3. The summed E-state index contributed by atoms with van der Waals surface area (Å²) in [6.07, 6.45) is 5.88. The fourth-order valence-electron chi connectivity index (χ4n) is 3.03. The van der Waals surface area contributed by atoms with Crippen molar-refractivity contribution in [1.82, 2.24) is 4.98 Å². The van der Waals surface area contributed by atoms with E-state index in [2.05, 4.69) is 59.1 Å². The summed E-state index contributed by atoms with van der Waals surface area (Å²) < 4.78 is 61.1. The number of para-hydroxylation sites is 2. The minimum Gasteiger partial charge on any atom is -0.741 e. The van der Waals surface area contributed by atoms with Gasteiger partial charge in [0.05, 0.1) is 0 Å². The molecule has 0 bridgehead atoms. The van der Waals surface area contributed by atoms with Crippen LogP contribution in [-0.4, -0.2) is 28.6 Å². The molecule has 32 heavy (non-hydrogen) atoms. The van der Waals surface area contributed by atoms with Gasteiger partial charge in [-0.05, 0) is 35.9 Å². The third kappa shape index (κ3) is 5.04. The molecule has 0 amide bonds. The number of aromatic hydroxyl groups is 1. The Labute approximate surface area is 181 Å². The number of phenols is 1.